The number of carbonyl (C=O) groups excluding carboxylic acids is 1. The molecule has 0 radical (unpaired) electrons. The van der Waals surface area contributed by atoms with Crippen molar-refractivity contribution in [2.24, 2.45) is 0 Å². The molecule has 0 bridgehead atoms. The monoisotopic (exact) mass is 353 g/mol. The van der Waals surface area contributed by atoms with Gasteiger partial charge in [-0.2, -0.15) is 0 Å². The van der Waals surface area contributed by atoms with Gasteiger partial charge < -0.3 is 15.0 Å². The summed E-state index contributed by atoms with van der Waals surface area (Å²) in [5.41, 5.74) is 7.73. The number of hydrogen-bond donors (Lipinski definition) is 1. The van der Waals surface area contributed by atoms with Crippen LogP contribution in [0.1, 0.15) is 28.5 Å². The predicted molar refractivity (Wildman–Crippen MR) is 96.8 cm³/mol. The highest BCUT2D eigenvalue weighted by molar-refractivity contribution is 5.94. The maximum absolute atomic E-state index is 12.8. The fraction of sp³-hybridized carbons (Fsp3) is 0.278. The van der Waals surface area contributed by atoms with Crippen molar-refractivity contribution in [3.63, 3.8) is 0 Å². The third-order valence-corrected chi connectivity index (χ3v) is 4.09. The Bertz CT molecular complexity index is 1030. The highest BCUT2D eigenvalue weighted by Gasteiger charge is 2.15. The van der Waals surface area contributed by atoms with Gasteiger partial charge in [-0.15, -0.1) is 0 Å². The Kier molecular flexibility index (Phi) is 4.92. The lowest BCUT2D eigenvalue weighted by molar-refractivity contribution is 0.0525. The number of carbonyl (C=O) groups is 1. The molecule has 0 saturated carbocycles. The van der Waals surface area contributed by atoms with Gasteiger partial charge in [-0.3, -0.25) is 9.78 Å². The molecule has 3 aromatic heterocycles. The zero-order chi connectivity index (χ0) is 18.7. The van der Waals surface area contributed by atoms with E-state index in [-0.39, 0.29) is 12.2 Å². The number of aromatic nitrogens is 4. The Balaban J connectivity index is 1.96. The summed E-state index contributed by atoms with van der Waals surface area (Å²) in [5, 5.41) is 0.374. The van der Waals surface area contributed by atoms with Crippen LogP contribution in [0, 0.1) is 6.92 Å². The highest BCUT2D eigenvalue weighted by atomic mass is 16.5. The van der Waals surface area contributed by atoms with Crippen molar-refractivity contribution in [3.8, 4) is 0 Å². The van der Waals surface area contributed by atoms with Crippen LogP contribution in [-0.4, -0.2) is 32.1 Å². The maximum Gasteiger partial charge on any atom is 0.339 e. The summed E-state index contributed by atoms with van der Waals surface area (Å²) in [5.74, 6) is -0.0841. The average Bonchev–Trinajstić information content (AvgIpc) is 2.62. The second-order valence-corrected chi connectivity index (χ2v) is 5.77. The molecule has 0 fully saturated rings. The summed E-state index contributed by atoms with van der Waals surface area (Å²) < 4.78 is 6.59. The second-order valence-electron chi connectivity index (χ2n) is 5.77. The first kappa shape index (κ1) is 17.5. The second kappa shape index (κ2) is 7.30. The van der Waals surface area contributed by atoms with Crippen molar-refractivity contribution in [2.75, 3.05) is 12.3 Å². The molecule has 26 heavy (non-hydrogen) atoms. The number of nitrogens with two attached hydrogens (primary N) is 1. The number of pyridine rings is 2. The molecule has 0 amide bonds. The SMILES string of the molecule is CCOC(=O)c1cc2c(=O)n(CCc3cncnc3N)ccc2nc1C. The lowest BCUT2D eigenvalue weighted by atomic mass is 10.1. The quantitative estimate of drug-likeness (QED) is 0.691. The van der Waals surface area contributed by atoms with Gasteiger partial charge in [0.2, 0.25) is 0 Å². The number of aryl methyl sites for hydroxylation is 3. The largest absolute Gasteiger partial charge is 0.462 e. The van der Waals surface area contributed by atoms with Crippen LogP contribution in [0.25, 0.3) is 10.9 Å². The number of hydrogen-bond acceptors (Lipinski definition) is 7. The Morgan fingerprint density at radius 3 is 2.92 bits per heavy atom. The van der Waals surface area contributed by atoms with Crippen molar-refractivity contribution in [3.05, 3.63) is 58.0 Å². The predicted octanol–water partition coefficient (Wildman–Crippen LogP) is 1.50. The van der Waals surface area contributed by atoms with Crippen LogP contribution in [0.3, 0.4) is 0 Å². The number of nitrogen functional groups attached to an aromatic ring is 1. The van der Waals surface area contributed by atoms with E-state index in [2.05, 4.69) is 15.0 Å². The average molecular weight is 353 g/mol. The molecule has 3 rings (SSSR count). The Labute approximate surface area is 149 Å². The summed E-state index contributed by atoms with van der Waals surface area (Å²) in [4.78, 5) is 37.1. The summed E-state index contributed by atoms with van der Waals surface area (Å²) in [6.45, 7) is 4.12. The first-order chi connectivity index (χ1) is 12.5. The highest BCUT2D eigenvalue weighted by Crippen LogP contribution is 2.15. The minimum atomic E-state index is -0.483. The molecule has 0 aliphatic heterocycles. The van der Waals surface area contributed by atoms with Gasteiger partial charge in [-0.1, -0.05) is 0 Å². The van der Waals surface area contributed by atoms with Gasteiger partial charge in [0.15, 0.2) is 0 Å². The van der Waals surface area contributed by atoms with E-state index in [1.165, 1.54) is 6.33 Å². The van der Waals surface area contributed by atoms with Crippen LogP contribution < -0.4 is 11.3 Å². The molecule has 134 valence electrons. The molecule has 0 spiro atoms. The molecule has 0 unspecified atom stereocenters. The van der Waals surface area contributed by atoms with Gasteiger partial charge >= 0.3 is 5.97 Å². The van der Waals surface area contributed by atoms with E-state index in [9.17, 15) is 9.59 Å². The van der Waals surface area contributed by atoms with E-state index in [1.807, 2.05) is 0 Å². The molecular formula is C18H19N5O3. The molecule has 0 atom stereocenters. The van der Waals surface area contributed by atoms with Gasteiger partial charge in [0.25, 0.3) is 5.56 Å². The molecule has 2 N–H and O–H groups in total. The van der Waals surface area contributed by atoms with Gasteiger partial charge in [0.1, 0.15) is 12.1 Å². The van der Waals surface area contributed by atoms with Gasteiger partial charge in [-0.25, -0.2) is 14.8 Å². The third kappa shape index (κ3) is 3.39. The summed E-state index contributed by atoms with van der Waals surface area (Å²) in [6.07, 6.45) is 5.22. The zero-order valence-corrected chi connectivity index (χ0v) is 14.6. The molecule has 0 saturated heterocycles. The number of ether oxygens (including phenoxy) is 1. The maximum atomic E-state index is 12.8. The number of esters is 1. The van der Waals surface area contributed by atoms with Crippen LogP contribution in [0.4, 0.5) is 5.82 Å². The van der Waals surface area contributed by atoms with Gasteiger partial charge in [0, 0.05) is 24.5 Å². The topological polar surface area (TPSA) is 113 Å². The standard InChI is InChI=1S/C18H19N5O3/c1-3-26-18(25)13-8-14-15(22-11(13)2)5-7-23(17(14)24)6-4-12-9-20-10-21-16(12)19/h5,7-10H,3-4,6H2,1-2H3,(H2,19,20,21). The molecule has 0 aliphatic rings. The number of fused-ring (bicyclic) bond motifs is 1. The van der Waals surface area contributed by atoms with Gasteiger partial charge in [0.05, 0.1) is 28.8 Å². The normalized spacial score (nSPS) is 10.8. The first-order valence-electron chi connectivity index (χ1n) is 8.23. The van der Waals surface area contributed by atoms with Crippen LogP contribution >= 0.6 is 0 Å². The molecule has 3 heterocycles. The molecule has 0 aliphatic carbocycles. The van der Waals surface area contributed by atoms with E-state index >= 15 is 0 Å². The van der Waals surface area contributed by atoms with Crippen molar-refractivity contribution in [1.29, 1.82) is 0 Å². The Morgan fingerprint density at radius 1 is 1.38 bits per heavy atom. The minimum absolute atomic E-state index is 0.226. The van der Waals surface area contributed by atoms with Crippen LogP contribution in [0.5, 0.6) is 0 Å². The van der Waals surface area contributed by atoms with Crippen LogP contribution in [0.15, 0.2) is 35.6 Å². The van der Waals surface area contributed by atoms with E-state index < -0.39 is 5.97 Å². The molecule has 8 heteroatoms. The van der Waals surface area contributed by atoms with E-state index in [0.717, 1.165) is 5.56 Å². The van der Waals surface area contributed by atoms with E-state index in [0.29, 0.717) is 40.9 Å². The molecule has 3 aromatic rings. The summed E-state index contributed by atoms with van der Waals surface area (Å²) >= 11 is 0. The fourth-order valence-electron chi connectivity index (χ4n) is 2.70. The van der Waals surface area contributed by atoms with Crippen molar-refractivity contribution in [1.82, 2.24) is 19.5 Å². The molecular weight excluding hydrogens is 334 g/mol. The smallest absolute Gasteiger partial charge is 0.339 e. The Morgan fingerprint density at radius 2 is 2.19 bits per heavy atom. The number of nitrogens with zero attached hydrogens (tertiary/aromatic N) is 4. The summed E-state index contributed by atoms with van der Waals surface area (Å²) in [6, 6.07) is 3.30. The third-order valence-electron chi connectivity index (χ3n) is 4.09. The van der Waals surface area contributed by atoms with Crippen LogP contribution in [0.2, 0.25) is 0 Å². The van der Waals surface area contributed by atoms with Crippen LogP contribution in [-0.2, 0) is 17.7 Å². The molecule has 0 aromatic carbocycles. The van der Waals surface area contributed by atoms with Crippen molar-refractivity contribution < 1.29 is 9.53 Å². The lowest BCUT2D eigenvalue weighted by Crippen LogP contribution is -2.22. The lowest BCUT2D eigenvalue weighted by Gasteiger charge is -2.10. The minimum Gasteiger partial charge on any atom is -0.462 e. The van der Waals surface area contributed by atoms with E-state index in [1.54, 1.807) is 42.9 Å². The number of anilines is 1. The van der Waals surface area contributed by atoms with E-state index in [4.69, 9.17) is 10.5 Å². The summed E-state index contributed by atoms with van der Waals surface area (Å²) in [7, 11) is 0. The van der Waals surface area contributed by atoms with Crippen molar-refractivity contribution >= 4 is 22.7 Å². The molecule has 8 nitrogen and oxygen atoms in total. The first-order valence-corrected chi connectivity index (χ1v) is 8.23. The van der Waals surface area contributed by atoms with Gasteiger partial charge in [-0.05, 0) is 32.4 Å². The fourth-order valence-corrected chi connectivity index (χ4v) is 2.70. The Hall–Kier alpha value is -3.29. The zero-order valence-electron chi connectivity index (χ0n) is 14.6. The van der Waals surface area contributed by atoms with Crippen molar-refractivity contribution in [2.45, 2.75) is 26.8 Å². The number of rotatable bonds is 5.